The number of hydrogen-bond acceptors (Lipinski definition) is 3. The van der Waals surface area contributed by atoms with Crippen molar-refractivity contribution in [2.75, 3.05) is 6.61 Å². The van der Waals surface area contributed by atoms with Crippen LogP contribution < -0.4 is 0 Å². The minimum atomic E-state index is -0.713. The highest BCUT2D eigenvalue weighted by Gasteiger charge is 2.05. The Labute approximate surface area is 71.5 Å². The lowest BCUT2D eigenvalue weighted by molar-refractivity contribution is 0.0775. The van der Waals surface area contributed by atoms with Crippen LogP contribution in [0.15, 0.2) is 12.3 Å². The molecule has 0 aromatic carbocycles. The average molecular weight is 170 g/mol. The molecule has 1 atom stereocenters. The summed E-state index contributed by atoms with van der Waals surface area (Å²) in [4.78, 5) is 0. The molecule has 1 unspecified atom stereocenters. The van der Waals surface area contributed by atoms with Crippen molar-refractivity contribution in [3.63, 3.8) is 0 Å². The van der Waals surface area contributed by atoms with Crippen molar-refractivity contribution in [1.29, 1.82) is 0 Å². The van der Waals surface area contributed by atoms with E-state index in [1.807, 2.05) is 13.0 Å². The third kappa shape index (κ3) is 2.06. The Kier molecular flexibility index (Phi) is 3.25. The fraction of sp³-hybridized carbons (Fsp3) is 0.625. The zero-order chi connectivity index (χ0) is 8.97. The van der Waals surface area contributed by atoms with Crippen LogP contribution >= 0.6 is 0 Å². The first-order chi connectivity index (χ1) is 5.77. The highest BCUT2D eigenvalue weighted by atomic mass is 16.3. The van der Waals surface area contributed by atoms with Gasteiger partial charge in [0.25, 0.3) is 0 Å². The Hall–Kier alpha value is -0.870. The molecular weight excluding hydrogens is 156 g/mol. The zero-order valence-electron chi connectivity index (χ0n) is 7.14. The van der Waals surface area contributed by atoms with Crippen molar-refractivity contribution in [3.8, 4) is 0 Å². The van der Waals surface area contributed by atoms with Gasteiger partial charge in [0.2, 0.25) is 0 Å². The highest BCUT2D eigenvalue weighted by Crippen LogP contribution is 2.00. The fourth-order valence-electron chi connectivity index (χ4n) is 1.08. The summed E-state index contributed by atoms with van der Waals surface area (Å²) in [6, 6.07) is 1.91. The van der Waals surface area contributed by atoms with Gasteiger partial charge in [-0.05, 0) is 12.5 Å². The Balaban J connectivity index is 2.61. The minimum Gasteiger partial charge on any atom is -0.394 e. The van der Waals surface area contributed by atoms with Crippen molar-refractivity contribution in [1.82, 2.24) is 9.78 Å². The molecule has 1 rings (SSSR count). The smallest absolute Gasteiger partial charge is 0.0966 e. The molecule has 0 saturated heterocycles. The van der Waals surface area contributed by atoms with Crippen LogP contribution in [0.3, 0.4) is 0 Å². The molecule has 0 bridgehead atoms. The molecule has 4 nitrogen and oxygen atoms in total. The van der Waals surface area contributed by atoms with Gasteiger partial charge in [0.05, 0.1) is 19.3 Å². The molecular formula is C8H14N2O2. The molecule has 0 saturated carbocycles. The molecule has 1 heterocycles. The number of nitrogens with zero attached hydrogens (tertiary/aromatic N) is 2. The first kappa shape index (κ1) is 9.22. The van der Waals surface area contributed by atoms with E-state index in [0.29, 0.717) is 6.54 Å². The molecule has 0 aliphatic rings. The lowest BCUT2D eigenvalue weighted by atomic mass is 10.3. The summed E-state index contributed by atoms with van der Waals surface area (Å²) in [5, 5.41) is 21.8. The Morgan fingerprint density at radius 1 is 1.67 bits per heavy atom. The largest absolute Gasteiger partial charge is 0.394 e. The van der Waals surface area contributed by atoms with Gasteiger partial charge in [-0.15, -0.1) is 0 Å². The van der Waals surface area contributed by atoms with Gasteiger partial charge in [-0.2, -0.15) is 5.10 Å². The van der Waals surface area contributed by atoms with E-state index in [-0.39, 0.29) is 6.61 Å². The number of hydrogen-bond donors (Lipinski definition) is 2. The average Bonchev–Trinajstić information content (AvgIpc) is 2.51. The maximum atomic E-state index is 9.14. The van der Waals surface area contributed by atoms with Crippen LogP contribution in [0.2, 0.25) is 0 Å². The number of aromatic nitrogens is 2. The number of aryl methyl sites for hydroxylation is 1. The van der Waals surface area contributed by atoms with E-state index in [4.69, 9.17) is 10.2 Å². The second kappa shape index (κ2) is 4.23. The summed E-state index contributed by atoms with van der Waals surface area (Å²) in [7, 11) is 0. The third-order valence-corrected chi connectivity index (χ3v) is 1.76. The Morgan fingerprint density at radius 3 is 3.00 bits per heavy atom. The second-order valence-electron chi connectivity index (χ2n) is 2.69. The summed E-state index contributed by atoms with van der Waals surface area (Å²) in [5.41, 5.74) is 1.07. The maximum absolute atomic E-state index is 9.14. The molecule has 0 aliphatic carbocycles. The lowest BCUT2D eigenvalue weighted by Gasteiger charge is -2.09. The van der Waals surface area contributed by atoms with Gasteiger partial charge in [-0.25, -0.2) is 0 Å². The topological polar surface area (TPSA) is 58.3 Å². The van der Waals surface area contributed by atoms with Crippen LogP contribution in [0.25, 0.3) is 0 Å². The van der Waals surface area contributed by atoms with E-state index >= 15 is 0 Å². The molecule has 1 aromatic heterocycles. The van der Waals surface area contributed by atoms with E-state index in [1.54, 1.807) is 10.9 Å². The summed E-state index contributed by atoms with van der Waals surface area (Å²) < 4.78 is 1.71. The van der Waals surface area contributed by atoms with Gasteiger partial charge < -0.3 is 10.2 Å². The van der Waals surface area contributed by atoms with Crippen LogP contribution in [0.1, 0.15) is 12.6 Å². The number of rotatable bonds is 4. The SMILES string of the molecule is CCc1ccnn1CC(O)CO. The van der Waals surface area contributed by atoms with Gasteiger partial charge >= 0.3 is 0 Å². The van der Waals surface area contributed by atoms with E-state index in [1.165, 1.54) is 0 Å². The first-order valence-electron chi connectivity index (χ1n) is 4.07. The van der Waals surface area contributed by atoms with Gasteiger partial charge in [0.1, 0.15) is 0 Å². The summed E-state index contributed by atoms with van der Waals surface area (Å²) in [5.74, 6) is 0. The van der Waals surface area contributed by atoms with Gasteiger partial charge in [-0.3, -0.25) is 4.68 Å². The van der Waals surface area contributed by atoms with E-state index in [0.717, 1.165) is 12.1 Å². The predicted octanol–water partition coefficient (Wildman–Crippen LogP) is -0.201. The normalized spacial score (nSPS) is 13.2. The van der Waals surface area contributed by atoms with Crippen molar-refractivity contribution in [3.05, 3.63) is 18.0 Å². The molecule has 0 amide bonds. The van der Waals surface area contributed by atoms with Crippen molar-refractivity contribution in [2.45, 2.75) is 26.0 Å². The lowest BCUT2D eigenvalue weighted by Crippen LogP contribution is -2.21. The standard InChI is InChI=1S/C8H14N2O2/c1-2-7-3-4-9-10(7)5-8(12)6-11/h3-4,8,11-12H,2,5-6H2,1H3. The third-order valence-electron chi connectivity index (χ3n) is 1.76. The van der Waals surface area contributed by atoms with Crippen molar-refractivity contribution >= 4 is 0 Å². The molecule has 2 N–H and O–H groups in total. The van der Waals surface area contributed by atoms with E-state index < -0.39 is 6.10 Å². The summed E-state index contributed by atoms with van der Waals surface area (Å²) >= 11 is 0. The summed E-state index contributed by atoms with van der Waals surface area (Å²) in [6.07, 6.45) is 1.87. The molecule has 4 heteroatoms. The molecule has 0 spiro atoms. The quantitative estimate of drug-likeness (QED) is 0.658. The maximum Gasteiger partial charge on any atom is 0.0966 e. The molecule has 0 aliphatic heterocycles. The second-order valence-corrected chi connectivity index (χ2v) is 2.69. The van der Waals surface area contributed by atoms with Crippen LogP contribution in [0, 0.1) is 0 Å². The first-order valence-corrected chi connectivity index (χ1v) is 4.07. The highest BCUT2D eigenvalue weighted by molar-refractivity contribution is 4.99. The monoisotopic (exact) mass is 170 g/mol. The molecule has 0 fully saturated rings. The van der Waals surface area contributed by atoms with Crippen LogP contribution in [0.5, 0.6) is 0 Å². The van der Waals surface area contributed by atoms with E-state index in [9.17, 15) is 0 Å². The minimum absolute atomic E-state index is 0.219. The Morgan fingerprint density at radius 2 is 2.42 bits per heavy atom. The van der Waals surface area contributed by atoms with Gasteiger partial charge in [0, 0.05) is 11.9 Å². The zero-order valence-corrected chi connectivity index (χ0v) is 7.14. The number of aliphatic hydroxyl groups excluding tert-OH is 2. The predicted molar refractivity (Wildman–Crippen MR) is 44.7 cm³/mol. The van der Waals surface area contributed by atoms with Crippen LogP contribution in [-0.2, 0) is 13.0 Å². The van der Waals surface area contributed by atoms with Gasteiger partial charge in [-0.1, -0.05) is 6.92 Å². The molecule has 0 radical (unpaired) electrons. The Bertz CT molecular complexity index is 235. The summed E-state index contributed by atoms with van der Waals surface area (Å²) in [6.45, 7) is 2.18. The fourth-order valence-corrected chi connectivity index (χ4v) is 1.08. The molecule has 12 heavy (non-hydrogen) atoms. The van der Waals surface area contributed by atoms with Gasteiger partial charge in [0.15, 0.2) is 0 Å². The van der Waals surface area contributed by atoms with Crippen molar-refractivity contribution < 1.29 is 10.2 Å². The number of aliphatic hydroxyl groups is 2. The molecule has 68 valence electrons. The van der Waals surface area contributed by atoms with Crippen LogP contribution in [0.4, 0.5) is 0 Å². The van der Waals surface area contributed by atoms with Crippen LogP contribution in [-0.4, -0.2) is 32.7 Å². The molecule has 1 aromatic rings. The van der Waals surface area contributed by atoms with Crippen molar-refractivity contribution in [2.24, 2.45) is 0 Å². The van der Waals surface area contributed by atoms with E-state index in [2.05, 4.69) is 5.10 Å².